The number of benzene rings is 1. The number of aromatic nitrogens is 1. The van der Waals surface area contributed by atoms with E-state index >= 15 is 0 Å². The highest BCUT2D eigenvalue weighted by atomic mass is 32.1. The molecule has 21 heavy (non-hydrogen) atoms. The van der Waals surface area contributed by atoms with Gasteiger partial charge in [0.05, 0.1) is 12.1 Å². The fourth-order valence-corrected chi connectivity index (χ4v) is 2.38. The first-order valence-electron chi connectivity index (χ1n) is 6.26. The van der Waals surface area contributed by atoms with Crippen LogP contribution in [-0.2, 0) is 22.6 Å². The van der Waals surface area contributed by atoms with Crippen LogP contribution in [0.4, 0.5) is 9.52 Å². The second-order valence-electron chi connectivity index (χ2n) is 4.41. The number of nitrogens with one attached hydrogen (secondary N) is 2. The summed E-state index contributed by atoms with van der Waals surface area (Å²) in [5, 5.41) is 7.50. The van der Waals surface area contributed by atoms with E-state index in [9.17, 15) is 14.0 Å². The van der Waals surface area contributed by atoms with Crippen LogP contribution in [0.2, 0.25) is 0 Å². The van der Waals surface area contributed by atoms with Crippen LogP contribution in [0.1, 0.15) is 18.2 Å². The van der Waals surface area contributed by atoms with Crippen LogP contribution in [-0.4, -0.2) is 16.8 Å². The van der Waals surface area contributed by atoms with Crippen LogP contribution in [0.15, 0.2) is 29.6 Å². The molecule has 0 aliphatic rings. The van der Waals surface area contributed by atoms with E-state index in [-0.39, 0.29) is 24.1 Å². The van der Waals surface area contributed by atoms with E-state index in [1.165, 1.54) is 30.4 Å². The number of nitrogens with zero attached hydrogens (tertiary/aromatic N) is 1. The third kappa shape index (κ3) is 4.96. The van der Waals surface area contributed by atoms with Crippen LogP contribution >= 0.6 is 11.3 Å². The van der Waals surface area contributed by atoms with Crippen molar-refractivity contribution in [3.05, 3.63) is 46.7 Å². The quantitative estimate of drug-likeness (QED) is 0.888. The Bertz CT molecular complexity index is 640. The Hall–Kier alpha value is -2.28. The molecule has 5 nitrogen and oxygen atoms in total. The lowest BCUT2D eigenvalue weighted by atomic mass is 10.2. The lowest BCUT2D eigenvalue weighted by Gasteiger charge is -2.04. The molecule has 0 aliphatic heterocycles. The maximum Gasteiger partial charge on any atom is 0.226 e. The molecule has 0 unspecified atom stereocenters. The fourth-order valence-electron chi connectivity index (χ4n) is 1.63. The maximum absolute atomic E-state index is 12.7. The molecule has 0 fully saturated rings. The fraction of sp³-hybridized carbons (Fsp3) is 0.214. The molecular weight excluding hydrogens is 293 g/mol. The highest BCUT2D eigenvalue weighted by molar-refractivity contribution is 7.13. The topological polar surface area (TPSA) is 71.1 Å². The van der Waals surface area contributed by atoms with E-state index < -0.39 is 0 Å². The summed E-state index contributed by atoms with van der Waals surface area (Å²) in [6.07, 6.45) is 0.136. The van der Waals surface area contributed by atoms with Crippen molar-refractivity contribution in [2.24, 2.45) is 0 Å². The van der Waals surface area contributed by atoms with Gasteiger partial charge in [-0.2, -0.15) is 0 Å². The van der Waals surface area contributed by atoms with Gasteiger partial charge in [-0.1, -0.05) is 12.1 Å². The number of hydrogen-bond donors (Lipinski definition) is 2. The van der Waals surface area contributed by atoms with Gasteiger partial charge in [-0.25, -0.2) is 9.37 Å². The van der Waals surface area contributed by atoms with Gasteiger partial charge < -0.3 is 10.6 Å². The van der Waals surface area contributed by atoms with Gasteiger partial charge in [0.1, 0.15) is 5.82 Å². The lowest BCUT2D eigenvalue weighted by molar-refractivity contribution is -0.120. The molecular formula is C14H14FN3O2S. The molecule has 0 saturated carbocycles. The van der Waals surface area contributed by atoms with Crippen LogP contribution in [0, 0.1) is 5.82 Å². The summed E-state index contributed by atoms with van der Waals surface area (Å²) in [7, 11) is 0. The second-order valence-corrected chi connectivity index (χ2v) is 5.26. The van der Waals surface area contributed by atoms with E-state index in [0.717, 1.165) is 5.56 Å². The van der Waals surface area contributed by atoms with Crippen molar-refractivity contribution >= 4 is 28.3 Å². The summed E-state index contributed by atoms with van der Waals surface area (Å²) in [6, 6.07) is 5.93. The highest BCUT2D eigenvalue weighted by Gasteiger charge is 2.08. The van der Waals surface area contributed by atoms with Crippen LogP contribution in [0.3, 0.4) is 0 Å². The van der Waals surface area contributed by atoms with Gasteiger partial charge in [0.2, 0.25) is 11.8 Å². The molecule has 7 heteroatoms. The van der Waals surface area contributed by atoms with Crippen LogP contribution in [0.5, 0.6) is 0 Å². The highest BCUT2D eigenvalue weighted by Crippen LogP contribution is 2.15. The van der Waals surface area contributed by atoms with E-state index in [4.69, 9.17) is 0 Å². The van der Waals surface area contributed by atoms with E-state index in [1.807, 2.05) is 0 Å². The summed E-state index contributed by atoms with van der Waals surface area (Å²) < 4.78 is 12.7. The number of rotatable bonds is 5. The molecule has 1 aromatic carbocycles. The van der Waals surface area contributed by atoms with Gasteiger partial charge in [0.25, 0.3) is 0 Å². The van der Waals surface area contributed by atoms with Crippen molar-refractivity contribution in [3.63, 3.8) is 0 Å². The minimum Gasteiger partial charge on any atom is -0.352 e. The summed E-state index contributed by atoms with van der Waals surface area (Å²) in [4.78, 5) is 26.8. The molecule has 0 atom stereocenters. The number of halogens is 1. The molecule has 0 aliphatic carbocycles. The maximum atomic E-state index is 12.7. The van der Waals surface area contributed by atoms with Gasteiger partial charge in [0.15, 0.2) is 5.13 Å². The van der Waals surface area contributed by atoms with Crippen molar-refractivity contribution in [1.29, 1.82) is 0 Å². The van der Waals surface area contributed by atoms with Crippen molar-refractivity contribution in [2.45, 2.75) is 19.9 Å². The summed E-state index contributed by atoms with van der Waals surface area (Å²) in [5.41, 5.74) is 1.42. The number of carbonyl (C=O) groups is 2. The predicted octanol–water partition coefficient (Wildman–Crippen LogP) is 2.10. The Kier molecular flexibility index (Phi) is 4.99. The molecule has 0 spiro atoms. The first kappa shape index (κ1) is 15.1. The molecule has 1 aromatic heterocycles. The number of hydrogen-bond acceptors (Lipinski definition) is 4. The Morgan fingerprint density at radius 3 is 2.67 bits per heavy atom. The zero-order valence-electron chi connectivity index (χ0n) is 11.4. The molecule has 2 amide bonds. The molecule has 1 heterocycles. The average Bonchev–Trinajstić information content (AvgIpc) is 2.84. The molecule has 110 valence electrons. The van der Waals surface area contributed by atoms with E-state index in [1.54, 1.807) is 17.5 Å². The minimum atomic E-state index is -0.307. The summed E-state index contributed by atoms with van der Waals surface area (Å²) >= 11 is 1.27. The van der Waals surface area contributed by atoms with Gasteiger partial charge in [0, 0.05) is 18.8 Å². The standard InChI is InChI=1S/C14H14FN3O2S/c1-9(19)17-14-18-12(8-21-14)6-13(20)16-7-10-2-4-11(15)5-3-10/h2-5,8H,6-7H2,1H3,(H,16,20)(H,17,18,19). The molecule has 2 rings (SSSR count). The normalized spacial score (nSPS) is 10.2. The Labute approximate surface area is 125 Å². The smallest absolute Gasteiger partial charge is 0.226 e. The summed E-state index contributed by atoms with van der Waals surface area (Å²) in [5.74, 6) is -0.686. The first-order valence-corrected chi connectivity index (χ1v) is 7.14. The first-order chi connectivity index (χ1) is 10.0. The zero-order chi connectivity index (χ0) is 15.2. The molecule has 0 radical (unpaired) electrons. The molecule has 2 N–H and O–H groups in total. The largest absolute Gasteiger partial charge is 0.352 e. The van der Waals surface area contributed by atoms with Crippen molar-refractivity contribution in [1.82, 2.24) is 10.3 Å². The van der Waals surface area contributed by atoms with Crippen LogP contribution in [0.25, 0.3) is 0 Å². The Morgan fingerprint density at radius 1 is 1.29 bits per heavy atom. The Balaban J connectivity index is 1.82. The Morgan fingerprint density at radius 2 is 2.00 bits per heavy atom. The van der Waals surface area contributed by atoms with Crippen LogP contribution < -0.4 is 10.6 Å². The molecule has 0 saturated heterocycles. The average molecular weight is 307 g/mol. The molecule has 2 aromatic rings. The molecule has 0 bridgehead atoms. The lowest BCUT2D eigenvalue weighted by Crippen LogP contribution is -2.24. The van der Waals surface area contributed by atoms with Gasteiger partial charge >= 0.3 is 0 Å². The number of amides is 2. The summed E-state index contributed by atoms with van der Waals surface area (Å²) in [6.45, 7) is 1.73. The third-order valence-electron chi connectivity index (χ3n) is 2.58. The minimum absolute atomic E-state index is 0.136. The SMILES string of the molecule is CC(=O)Nc1nc(CC(=O)NCc2ccc(F)cc2)cs1. The van der Waals surface area contributed by atoms with Gasteiger partial charge in [-0.3, -0.25) is 9.59 Å². The number of anilines is 1. The van der Waals surface area contributed by atoms with Gasteiger partial charge in [-0.15, -0.1) is 11.3 Å². The monoisotopic (exact) mass is 307 g/mol. The number of carbonyl (C=O) groups excluding carboxylic acids is 2. The van der Waals surface area contributed by atoms with Crippen molar-refractivity contribution < 1.29 is 14.0 Å². The second kappa shape index (κ2) is 6.94. The number of thiazole rings is 1. The van der Waals surface area contributed by atoms with Gasteiger partial charge in [-0.05, 0) is 17.7 Å². The third-order valence-corrected chi connectivity index (χ3v) is 3.39. The van der Waals surface area contributed by atoms with E-state index in [2.05, 4.69) is 15.6 Å². The zero-order valence-corrected chi connectivity index (χ0v) is 12.2. The van der Waals surface area contributed by atoms with E-state index in [0.29, 0.717) is 17.4 Å². The van der Waals surface area contributed by atoms with Crippen molar-refractivity contribution in [2.75, 3.05) is 5.32 Å². The predicted molar refractivity (Wildman–Crippen MR) is 78.4 cm³/mol. The van der Waals surface area contributed by atoms with Crippen molar-refractivity contribution in [3.8, 4) is 0 Å².